The average molecular weight is 507 g/mol. The number of rotatable bonds is 7. The van der Waals surface area contributed by atoms with E-state index in [1.54, 1.807) is 12.4 Å². The Bertz CT molecular complexity index is 1420. The van der Waals surface area contributed by atoms with Gasteiger partial charge in [-0.2, -0.15) is 5.26 Å². The van der Waals surface area contributed by atoms with E-state index in [9.17, 15) is 5.26 Å². The zero-order valence-corrected chi connectivity index (χ0v) is 21.5. The molecule has 1 aromatic carbocycles. The first-order chi connectivity index (χ1) is 16.5. The zero-order valence-electron chi connectivity index (χ0n) is 19.1. The Labute approximate surface area is 212 Å². The maximum Gasteiger partial charge on any atom is 0.172 e. The fourth-order valence-corrected chi connectivity index (χ4v) is 5.38. The predicted octanol–water partition coefficient (Wildman–Crippen LogP) is 6.14. The summed E-state index contributed by atoms with van der Waals surface area (Å²) in [6.45, 7) is 6.93. The summed E-state index contributed by atoms with van der Waals surface area (Å²) in [5.74, 6) is 6.49. The SMILES string of the molecule is CCN(CC)CC#Cc1cc2ncc(C#N)c(Nc3ccc(Sc4nccn4C)c(Cl)c3)c2s1. The third-order valence-corrected chi connectivity index (χ3v) is 7.88. The Hall–Kier alpha value is -3.01. The van der Waals surface area contributed by atoms with Crippen molar-refractivity contribution < 1.29 is 0 Å². The third kappa shape index (κ3) is 5.38. The molecule has 6 nitrogen and oxygen atoms in total. The van der Waals surface area contributed by atoms with Gasteiger partial charge in [-0.3, -0.25) is 9.88 Å². The highest BCUT2D eigenvalue weighted by Gasteiger charge is 2.14. The summed E-state index contributed by atoms with van der Waals surface area (Å²) >= 11 is 9.61. The second-order valence-corrected chi connectivity index (χ2v) is 9.91. The van der Waals surface area contributed by atoms with E-state index < -0.39 is 0 Å². The summed E-state index contributed by atoms with van der Waals surface area (Å²) < 4.78 is 2.84. The fraction of sp³-hybridized carbons (Fsp3) is 0.240. The first kappa shape index (κ1) is 24.1. The number of fused-ring (bicyclic) bond motifs is 1. The minimum atomic E-state index is 0.472. The van der Waals surface area contributed by atoms with Gasteiger partial charge in [0.1, 0.15) is 6.07 Å². The van der Waals surface area contributed by atoms with Crippen LogP contribution in [-0.2, 0) is 7.05 Å². The molecule has 1 N–H and O–H groups in total. The van der Waals surface area contributed by atoms with Crippen LogP contribution in [0.15, 0.2) is 52.9 Å². The maximum absolute atomic E-state index is 9.69. The number of anilines is 2. The fourth-order valence-electron chi connectivity index (χ4n) is 3.29. The number of hydrogen-bond acceptors (Lipinski definition) is 7. The Kier molecular flexibility index (Phi) is 7.77. The molecule has 0 aliphatic heterocycles. The molecule has 172 valence electrons. The number of pyridine rings is 1. The number of aromatic nitrogens is 3. The monoisotopic (exact) mass is 506 g/mol. The van der Waals surface area contributed by atoms with Gasteiger partial charge in [-0.15, -0.1) is 11.3 Å². The summed E-state index contributed by atoms with van der Waals surface area (Å²) in [6, 6.07) is 9.98. The van der Waals surface area contributed by atoms with Gasteiger partial charge in [-0.25, -0.2) is 4.98 Å². The number of halogens is 1. The molecule has 0 saturated carbocycles. The second-order valence-electron chi connectivity index (χ2n) is 7.44. The molecular weight excluding hydrogens is 484 g/mol. The van der Waals surface area contributed by atoms with Gasteiger partial charge in [0.05, 0.1) is 37.9 Å². The molecule has 9 heteroatoms. The molecule has 0 atom stereocenters. The number of aryl methyl sites for hydroxylation is 1. The molecule has 3 aromatic heterocycles. The first-order valence-electron chi connectivity index (χ1n) is 10.8. The number of nitrogens with one attached hydrogen (secondary N) is 1. The van der Waals surface area contributed by atoms with Crippen LogP contribution in [0.2, 0.25) is 5.02 Å². The second kappa shape index (κ2) is 10.9. The van der Waals surface area contributed by atoms with Crippen molar-refractivity contribution >= 4 is 56.3 Å². The van der Waals surface area contributed by atoms with Gasteiger partial charge >= 0.3 is 0 Å². The van der Waals surface area contributed by atoms with E-state index in [1.165, 1.54) is 23.1 Å². The third-order valence-electron chi connectivity index (χ3n) is 5.25. The van der Waals surface area contributed by atoms with Crippen LogP contribution < -0.4 is 5.32 Å². The standard InChI is InChI=1S/C25H23ClN6S2/c1-4-32(5-2)11-6-7-19-14-21-24(33-19)23(17(15-27)16-29-21)30-18-8-9-22(20(26)13-18)34-25-28-10-12-31(25)3/h8-10,12-14,16H,4-5,11H2,1-3H3,(H,29,30). The van der Waals surface area contributed by atoms with Crippen LogP contribution in [0.3, 0.4) is 0 Å². The van der Waals surface area contributed by atoms with E-state index in [1.807, 2.05) is 42.1 Å². The molecule has 0 radical (unpaired) electrons. The highest BCUT2D eigenvalue weighted by molar-refractivity contribution is 7.99. The predicted molar refractivity (Wildman–Crippen MR) is 141 cm³/mol. The summed E-state index contributed by atoms with van der Waals surface area (Å²) in [4.78, 5) is 12.9. The largest absolute Gasteiger partial charge is 0.353 e. The van der Waals surface area contributed by atoms with E-state index in [-0.39, 0.29) is 0 Å². The van der Waals surface area contributed by atoms with Crippen molar-refractivity contribution in [3.63, 3.8) is 0 Å². The van der Waals surface area contributed by atoms with Crippen LogP contribution in [0.4, 0.5) is 11.4 Å². The van der Waals surface area contributed by atoms with Gasteiger partial charge in [0.2, 0.25) is 0 Å². The average Bonchev–Trinajstić information content (AvgIpc) is 3.44. The van der Waals surface area contributed by atoms with Gasteiger partial charge in [0, 0.05) is 36.2 Å². The lowest BCUT2D eigenvalue weighted by Gasteiger charge is -2.12. The van der Waals surface area contributed by atoms with Crippen molar-refractivity contribution in [1.82, 2.24) is 19.4 Å². The Morgan fingerprint density at radius 3 is 2.74 bits per heavy atom. The first-order valence-corrected chi connectivity index (χ1v) is 12.8. The summed E-state index contributed by atoms with van der Waals surface area (Å²) in [6.07, 6.45) is 5.25. The van der Waals surface area contributed by atoms with Crippen molar-refractivity contribution in [2.45, 2.75) is 23.9 Å². The van der Waals surface area contributed by atoms with Gasteiger partial charge in [0.25, 0.3) is 0 Å². The summed E-state index contributed by atoms with van der Waals surface area (Å²) in [7, 11) is 1.94. The molecule has 4 rings (SSSR count). The Morgan fingerprint density at radius 1 is 1.24 bits per heavy atom. The van der Waals surface area contributed by atoms with Gasteiger partial charge < -0.3 is 9.88 Å². The van der Waals surface area contributed by atoms with E-state index in [0.717, 1.165) is 56.2 Å². The minimum Gasteiger partial charge on any atom is -0.353 e. The minimum absolute atomic E-state index is 0.472. The smallest absolute Gasteiger partial charge is 0.172 e. The molecule has 0 spiro atoms. The van der Waals surface area contributed by atoms with Crippen molar-refractivity contribution in [3.8, 4) is 17.9 Å². The van der Waals surface area contributed by atoms with E-state index in [2.05, 4.69) is 51.9 Å². The van der Waals surface area contributed by atoms with Crippen molar-refractivity contribution in [2.75, 3.05) is 25.0 Å². The molecule has 34 heavy (non-hydrogen) atoms. The molecular formula is C25H23ClN6S2. The molecule has 4 aromatic rings. The number of benzene rings is 1. The van der Waals surface area contributed by atoms with Crippen molar-refractivity contribution in [2.24, 2.45) is 7.05 Å². The van der Waals surface area contributed by atoms with E-state index in [0.29, 0.717) is 10.6 Å². The molecule has 0 bridgehead atoms. The lowest BCUT2D eigenvalue weighted by Crippen LogP contribution is -2.22. The number of nitrogens with zero attached hydrogens (tertiary/aromatic N) is 5. The summed E-state index contributed by atoms with van der Waals surface area (Å²) in [5, 5.41) is 14.5. The number of nitriles is 1. The van der Waals surface area contributed by atoms with E-state index in [4.69, 9.17) is 11.6 Å². The van der Waals surface area contributed by atoms with Crippen LogP contribution in [0.1, 0.15) is 24.3 Å². The molecule has 0 saturated heterocycles. The van der Waals surface area contributed by atoms with Crippen molar-refractivity contribution in [1.29, 1.82) is 5.26 Å². The number of imidazole rings is 1. The van der Waals surface area contributed by atoms with Crippen LogP contribution >= 0.6 is 34.7 Å². The van der Waals surface area contributed by atoms with E-state index >= 15 is 0 Å². The highest BCUT2D eigenvalue weighted by Crippen LogP contribution is 2.37. The molecule has 0 aliphatic carbocycles. The van der Waals surface area contributed by atoms with Crippen LogP contribution in [0.25, 0.3) is 10.2 Å². The molecule has 0 fully saturated rings. The topological polar surface area (TPSA) is 69.8 Å². The normalized spacial score (nSPS) is 10.8. The lowest BCUT2D eigenvalue weighted by molar-refractivity contribution is 0.342. The molecule has 0 amide bonds. The molecule has 3 heterocycles. The quantitative estimate of drug-likeness (QED) is 0.303. The number of hydrogen-bond donors (Lipinski definition) is 1. The highest BCUT2D eigenvalue weighted by atomic mass is 35.5. The Morgan fingerprint density at radius 2 is 2.06 bits per heavy atom. The van der Waals surface area contributed by atoms with Gasteiger partial charge in [-0.1, -0.05) is 49.1 Å². The Balaban J connectivity index is 1.61. The van der Waals surface area contributed by atoms with Gasteiger partial charge in [0.15, 0.2) is 5.16 Å². The lowest BCUT2D eigenvalue weighted by atomic mass is 10.2. The molecule has 0 unspecified atom stereocenters. The van der Waals surface area contributed by atoms with Gasteiger partial charge in [-0.05, 0) is 37.4 Å². The summed E-state index contributed by atoms with van der Waals surface area (Å²) in [5.41, 5.74) is 2.79. The molecule has 0 aliphatic rings. The van der Waals surface area contributed by atoms with Crippen LogP contribution in [0, 0.1) is 23.2 Å². The number of thiophene rings is 1. The van der Waals surface area contributed by atoms with Crippen LogP contribution in [0.5, 0.6) is 0 Å². The zero-order chi connectivity index (χ0) is 24.1. The van der Waals surface area contributed by atoms with Crippen molar-refractivity contribution in [3.05, 3.63) is 58.3 Å². The van der Waals surface area contributed by atoms with Crippen LogP contribution in [-0.4, -0.2) is 39.1 Å². The maximum atomic E-state index is 9.69.